The van der Waals surface area contributed by atoms with E-state index >= 15 is 0 Å². The second-order valence-corrected chi connectivity index (χ2v) is 7.50. The van der Waals surface area contributed by atoms with Gasteiger partial charge in [-0.25, -0.2) is 0 Å². The van der Waals surface area contributed by atoms with Crippen LogP contribution in [-0.2, 0) is 20.4 Å². The number of likely N-dealkylation sites (tertiary alicyclic amines) is 2. The first-order chi connectivity index (χ1) is 12.5. The van der Waals surface area contributed by atoms with Crippen molar-refractivity contribution < 1.29 is 9.59 Å². The van der Waals surface area contributed by atoms with Crippen LogP contribution in [0.1, 0.15) is 24.0 Å². The van der Waals surface area contributed by atoms with Crippen molar-refractivity contribution in [2.45, 2.75) is 23.7 Å². The monoisotopic (exact) mass is 348 g/mol. The fourth-order valence-corrected chi connectivity index (χ4v) is 5.01. The molecule has 2 unspecified atom stereocenters. The standard InChI is InChI=1S/C22H24N2O2/c1-23-15-13-21(19(23)25,17-9-5-3-6-10-17)22(14-16-24(2)20(22)26)18-11-7-4-8-12-18/h3-12H,13-16H2,1-2H3. The Morgan fingerprint density at radius 1 is 0.654 bits per heavy atom. The molecule has 2 saturated heterocycles. The SMILES string of the molecule is CN1CCC(c2ccccc2)(C2(c3ccccc3)CCN(C)C2=O)C1=O. The van der Waals surface area contributed by atoms with Crippen LogP contribution in [0.15, 0.2) is 60.7 Å². The van der Waals surface area contributed by atoms with Crippen LogP contribution in [0.4, 0.5) is 0 Å². The third-order valence-electron chi connectivity index (χ3n) is 6.33. The molecule has 2 atom stereocenters. The fraction of sp³-hybridized carbons (Fsp3) is 0.364. The van der Waals surface area contributed by atoms with Crippen molar-refractivity contribution in [1.29, 1.82) is 0 Å². The largest absolute Gasteiger partial charge is 0.345 e. The minimum atomic E-state index is -0.855. The molecule has 0 N–H and O–H groups in total. The maximum atomic E-state index is 13.6. The van der Waals surface area contributed by atoms with E-state index in [2.05, 4.69) is 0 Å². The summed E-state index contributed by atoms with van der Waals surface area (Å²) in [6.45, 7) is 1.33. The Kier molecular flexibility index (Phi) is 3.87. The Balaban J connectivity index is 2.05. The highest BCUT2D eigenvalue weighted by molar-refractivity contribution is 6.03. The molecule has 0 bridgehead atoms. The van der Waals surface area contributed by atoms with Crippen LogP contribution >= 0.6 is 0 Å². The second-order valence-electron chi connectivity index (χ2n) is 7.50. The minimum absolute atomic E-state index is 0.0520. The number of rotatable bonds is 3. The lowest BCUT2D eigenvalue weighted by Crippen LogP contribution is -2.57. The highest BCUT2D eigenvalue weighted by Gasteiger charge is 2.67. The molecule has 0 spiro atoms. The van der Waals surface area contributed by atoms with Gasteiger partial charge in [-0.1, -0.05) is 60.7 Å². The second kappa shape index (κ2) is 5.97. The lowest BCUT2D eigenvalue weighted by atomic mass is 9.55. The molecule has 2 fully saturated rings. The third kappa shape index (κ3) is 2.02. The number of benzene rings is 2. The number of amides is 2. The number of hydrogen-bond acceptors (Lipinski definition) is 2. The van der Waals surface area contributed by atoms with E-state index in [1.54, 1.807) is 9.80 Å². The van der Waals surface area contributed by atoms with Crippen molar-refractivity contribution in [3.8, 4) is 0 Å². The molecular formula is C22H24N2O2. The van der Waals surface area contributed by atoms with Crippen molar-refractivity contribution >= 4 is 11.8 Å². The topological polar surface area (TPSA) is 40.6 Å². The van der Waals surface area contributed by atoms with Gasteiger partial charge in [-0.05, 0) is 24.0 Å². The van der Waals surface area contributed by atoms with E-state index in [-0.39, 0.29) is 11.8 Å². The summed E-state index contributed by atoms with van der Waals surface area (Å²) < 4.78 is 0. The van der Waals surface area contributed by atoms with E-state index in [4.69, 9.17) is 0 Å². The molecule has 4 nitrogen and oxygen atoms in total. The Bertz CT molecular complexity index is 764. The van der Waals surface area contributed by atoms with E-state index in [1.807, 2.05) is 74.8 Å². The molecule has 2 amide bonds. The molecule has 4 rings (SSSR count). The van der Waals surface area contributed by atoms with Gasteiger partial charge in [0, 0.05) is 27.2 Å². The Hall–Kier alpha value is -2.62. The predicted octanol–water partition coefficient (Wildman–Crippen LogP) is 2.59. The van der Waals surface area contributed by atoms with Gasteiger partial charge in [0.05, 0.1) is 10.8 Å². The molecule has 2 aromatic carbocycles. The van der Waals surface area contributed by atoms with E-state index in [9.17, 15) is 9.59 Å². The number of hydrogen-bond donors (Lipinski definition) is 0. The van der Waals surface area contributed by atoms with Crippen molar-refractivity contribution in [1.82, 2.24) is 9.80 Å². The highest BCUT2D eigenvalue weighted by Crippen LogP contribution is 2.55. The maximum Gasteiger partial charge on any atom is 0.234 e. The first-order valence-corrected chi connectivity index (χ1v) is 9.16. The lowest BCUT2D eigenvalue weighted by molar-refractivity contribution is -0.142. The van der Waals surface area contributed by atoms with E-state index < -0.39 is 10.8 Å². The van der Waals surface area contributed by atoms with Gasteiger partial charge < -0.3 is 9.80 Å². The van der Waals surface area contributed by atoms with Gasteiger partial charge >= 0.3 is 0 Å². The zero-order valence-corrected chi connectivity index (χ0v) is 15.3. The van der Waals surface area contributed by atoms with Gasteiger partial charge in [0.25, 0.3) is 0 Å². The number of carbonyl (C=O) groups is 2. The summed E-state index contributed by atoms with van der Waals surface area (Å²) in [7, 11) is 3.68. The van der Waals surface area contributed by atoms with Crippen LogP contribution in [-0.4, -0.2) is 48.8 Å². The van der Waals surface area contributed by atoms with Crippen molar-refractivity contribution in [3.63, 3.8) is 0 Å². The molecule has 0 aliphatic carbocycles. The molecule has 0 aromatic heterocycles. The number of carbonyl (C=O) groups excluding carboxylic acids is 2. The van der Waals surface area contributed by atoms with Crippen LogP contribution in [0.5, 0.6) is 0 Å². The van der Waals surface area contributed by atoms with Crippen LogP contribution in [0.2, 0.25) is 0 Å². The van der Waals surface area contributed by atoms with Crippen LogP contribution in [0.25, 0.3) is 0 Å². The highest BCUT2D eigenvalue weighted by atomic mass is 16.2. The Morgan fingerprint density at radius 3 is 1.27 bits per heavy atom. The van der Waals surface area contributed by atoms with E-state index in [1.165, 1.54) is 0 Å². The zero-order valence-electron chi connectivity index (χ0n) is 15.3. The summed E-state index contributed by atoms with van der Waals surface area (Å²) in [6.07, 6.45) is 1.31. The smallest absolute Gasteiger partial charge is 0.234 e. The van der Waals surface area contributed by atoms with Crippen molar-refractivity contribution in [2.75, 3.05) is 27.2 Å². The van der Waals surface area contributed by atoms with Crippen LogP contribution in [0.3, 0.4) is 0 Å². The van der Waals surface area contributed by atoms with Crippen LogP contribution < -0.4 is 0 Å². The number of likely N-dealkylation sites (N-methyl/N-ethyl adjacent to an activating group) is 2. The molecule has 2 aliphatic rings. The minimum Gasteiger partial charge on any atom is -0.345 e. The summed E-state index contributed by atoms with van der Waals surface area (Å²) in [5.74, 6) is 0.104. The van der Waals surface area contributed by atoms with Crippen LogP contribution in [0, 0.1) is 0 Å². The summed E-state index contributed by atoms with van der Waals surface area (Å²) in [6, 6.07) is 19.8. The lowest BCUT2D eigenvalue weighted by Gasteiger charge is -2.44. The molecule has 134 valence electrons. The fourth-order valence-electron chi connectivity index (χ4n) is 5.01. The molecule has 0 saturated carbocycles. The van der Waals surface area contributed by atoms with Gasteiger partial charge in [0.1, 0.15) is 0 Å². The van der Waals surface area contributed by atoms with Gasteiger partial charge in [0.15, 0.2) is 0 Å². The average molecular weight is 348 g/mol. The molecule has 26 heavy (non-hydrogen) atoms. The third-order valence-corrected chi connectivity index (χ3v) is 6.33. The molecular weight excluding hydrogens is 324 g/mol. The van der Waals surface area contributed by atoms with Gasteiger partial charge in [-0.3, -0.25) is 9.59 Å². The summed E-state index contributed by atoms with van der Waals surface area (Å²) in [5.41, 5.74) is 0.182. The molecule has 0 radical (unpaired) electrons. The molecule has 2 heterocycles. The van der Waals surface area contributed by atoms with Crippen molar-refractivity contribution in [2.24, 2.45) is 0 Å². The maximum absolute atomic E-state index is 13.6. The normalized spacial score (nSPS) is 28.8. The molecule has 2 aromatic rings. The molecule has 2 aliphatic heterocycles. The van der Waals surface area contributed by atoms with Crippen molar-refractivity contribution in [3.05, 3.63) is 71.8 Å². The summed E-state index contributed by atoms with van der Waals surface area (Å²) in [5, 5.41) is 0. The predicted molar refractivity (Wildman–Crippen MR) is 101 cm³/mol. The van der Waals surface area contributed by atoms with Gasteiger partial charge in [-0.2, -0.15) is 0 Å². The van der Waals surface area contributed by atoms with Gasteiger partial charge in [0.2, 0.25) is 11.8 Å². The quantitative estimate of drug-likeness (QED) is 0.855. The summed E-state index contributed by atoms with van der Waals surface area (Å²) in [4.78, 5) is 30.8. The molecule has 4 heteroatoms. The first kappa shape index (κ1) is 16.8. The van der Waals surface area contributed by atoms with E-state index in [0.717, 1.165) is 11.1 Å². The number of nitrogens with zero attached hydrogens (tertiary/aromatic N) is 2. The first-order valence-electron chi connectivity index (χ1n) is 9.16. The Morgan fingerprint density at radius 2 is 1.00 bits per heavy atom. The average Bonchev–Trinajstić information content (AvgIpc) is 3.16. The van der Waals surface area contributed by atoms with E-state index in [0.29, 0.717) is 25.9 Å². The van der Waals surface area contributed by atoms with Gasteiger partial charge in [-0.15, -0.1) is 0 Å². The summed E-state index contributed by atoms with van der Waals surface area (Å²) >= 11 is 0. The zero-order chi connectivity index (χ0) is 18.4. The Labute approximate surface area is 154 Å².